The molecule has 0 saturated heterocycles. The quantitative estimate of drug-likeness (QED) is 0.744. The molecule has 100 valence electrons. The average molecular weight is 246 g/mol. The number of hydrogen-bond acceptors (Lipinski definition) is 2. The zero-order valence-electron chi connectivity index (χ0n) is 11.9. The fourth-order valence-electron chi connectivity index (χ4n) is 2.07. The molecule has 1 N–H and O–H groups in total. The van der Waals surface area contributed by atoms with Crippen LogP contribution in [0, 0.1) is 0 Å². The Labute approximate surface area is 111 Å². The Kier molecular flexibility index (Phi) is 4.79. The second-order valence-corrected chi connectivity index (χ2v) is 5.77. The maximum absolute atomic E-state index is 3.51. The van der Waals surface area contributed by atoms with Gasteiger partial charge in [0.2, 0.25) is 0 Å². The molecule has 0 unspecified atom stereocenters. The molecule has 1 aliphatic carbocycles. The summed E-state index contributed by atoms with van der Waals surface area (Å²) in [5.74, 6) is 0.867. The Balaban J connectivity index is 1.66. The maximum atomic E-state index is 3.51. The van der Waals surface area contributed by atoms with Crippen molar-refractivity contribution in [2.75, 3.05) is 20.1 Å². The van der Waals surface area contributed by atoms with Gasteiger partial charge in [0.15, 0.2) is 0 Å². The van der Waals surface area contributed by atoms with Crippen LogP contribution in [0.1, 0.15) is 43.7 Å². The molecule has 2 rings (SSSR count). The van der Waals surface area contributed by atoms with E-state index in [9.17, 15) is 0 Å². The van der Waals surface area contributed by atoms with Crippen LogP contribution in [0.3, 0.4) is 0 Å². The maximum Gasteiger partial charge on any atom is 0.0206 e. The van der Waals surface area contributed by atoms with Crippen molar-refractivity contribution in [2.45, 2.75) is 45.2 Å². The van der Waals surface area contributed by atoms with Crippen LogP contribution in [0.5, 0.6) is 0 Å². The van der Waals surface area contributed by atoms with Crippen LogP contribution in [-0.2, 0) is 6.54 Å². The third kappa shape index (κ3) is 4.11. The summed E-state index contributed by atoms with van der Waals surface area (Å²) in [5.41, 5.74) is 2.92. The molecule has 0 aromatic heterocycles. The Morgan fingerprint density at radius 3 is 2.44 bits per heavy atom. The van der Waals surface area contributed by atoms with Gasteiger partial charge in [0.1, 0.15) is 0 Å². The third-order valence-electron chi connectivity index (χ3n) is 3.88. The molecule has 0 heterocycles. The van der Waals surface area contributed by atoms with E-state index < -0.39 is 0 Å². The van der Waals surface area contributed by atoms with Gasteiger partial charge >= 0.3 is 0 Å². The lowest BCUT2D eigenvalue weighted by molar-refractivity contribution is 0.273. The molecule has 1 aliphatic rings. The molecule has 0 atom stereocenters. The molecule has 2 heteroatoms. The molecule has 0 amide bonds. The van der Waals surface area contributed by atoms with E-state index in [0.29, 0.717) is 6.04 Å². The van der Waals surface area contributed by atoms with Crippen LogP contribution in [-0.4, -0.2) is 31.1 Å². The van der Waals surface area contributed by atoms with Gasteiger partial charge in [-0.05, 0) is 50.8 Å². The van der Waals surface area contributed by atoms with Crippen LogP contribution < -0.4 is 5.32 Å². The molecule has 18 heavy (non-hydrogen) atoms. The highest BCUT2D eigenvalue weighted by molar-refractivity contribution is 5.27. The fourth-order valence-corrected chi connectivity index (χ4v) is 2.07. The van der Waals surface area contributed by atoms with Crippen LogP contribution in [0.25, 0.3) is 0 Å². The molecule has 1 fully saturated rings. The van der Waals surface area contributed by atoms with Crippen molar-refractivity contribution >= 4 is 0 Å². The van der Waals surface area contributed by atoms with E-state index in [0.717, 1.165) is 25.6 Å². The summed E-state index contributed by atoms with van der Waals surface area (Å²) < 4.78 is 0. The van der Waals surface area contributed by atoms with Gasteiger partial charge in [0.05, 0.1) is 0 Å². The first-order valence-corrected chi connectivity index (χ1v) is 7.16. The highest BCUT2D eigenvalue weighted by Crippen LogP contribution is 2.39. The predicted molar refractivity (Wildman–Crippen MR) is 77.9 cm³/mol. The van der Waals surface area contributed by atoms with E-state index in [1.807, 2.05) is 0 Å². The van der Waals surface area contributed by atoms with Gasteiger partial charge in [-0.15, -0.1) is 0 Å². The highest BCUT2D eigenvalue weighted by Gasteiger charge is 2.22. The zero-order chi connectivity index (χ0) is 13.0. The number of benzene rings is 1. The molecule has 0 radical (unpaired) electrons. The molecule has 0 spiro atoms. The molecule has 1 saturated carbocycles. The third-order valence-corrected chi connectivity index (χ3v) is 3.88. The lowest BCUT2D eigenvalue weighted by Crippen LogP contribution is -2.33. The normalized spacial score (nSPS) is 15.6. The summed E-state index contributed by atoms with van der Waals surface area (Å²) in [4.78, 5) is 2.36. The first-order valence-electron chi connectivity index (χ1n) is 7.16. The molecule has 1 aromatic carbocycles. The van der Waals surface area contributed by atoms with E-state index in [1.54, 1.807) is 0 Å². The van der Waals surface area contributed by atoms with Crippen molar-refractivity contribution in [1.29, 1.82) is 0 Å². The monoisotopic (exact) mass is 246 g/mol. The van der Waals surface area contributed by atoms with Crippen molar-refractivity contribution in [2.24, 2.45) is 0 Å². The van der Waals surface area contributed by atoms with Crippen molar-refractivity contribution in [3.63, 3.8) is 0 Å². The number of nitrogens with zero attached hydrogens (tertiary/aromatic N) is 1. The minimum atomic E-state index is 0.629. The lowest BCUT2D eigenvalue weighted by atomic mass is 10.1. The number of likely N-dealkylation sites (N-methyl/N-ethyl adjacent to an activating group) is 1. The van der Waals surface area contributed by atoms with E-state index >= 15 is 0 Å². The molecule has 0 aliphatic heterocycles. The molecule has 2 nitrogen and oxygen atoms in total. The second-order valence-electron chi connectivity index (χ2n) is 5.77. The first kappa shape index (κ1) is 13.6. The standard InChI is InChI=1S/C16H26N2/c1-13(2)18(3)11-10-17-12-14-4-6-15(7-5-14)16-8-9-16/h4-7,13,16-17H,8-12H2,1-3H3. The minimum absolute atomic E-state index is 0.629. The van der Waals surface area contributed by atoms with E-state index in [-0.39, 0.29) is 0 Å². The van der Waals surface area contributed by atoms with Crippen molar-refractivity contribution < 1.29 is 0 Å². The average Bonchev–Trinajstić information content (AvgIpc) is 3.19. The Hall–Kier alpha value is -0.860. The topological polar surface area (TPSA) is 15.3 Å². The Morgan fingerprint density at radius 1 is 1.22 bits per heavy atom. The van der Waals surface area contributed by atoms with Crippen LogP contribution in [0.2, 0.25) is 0 Å². The van der Waals surface area contributed by atoms with E-state index in [1.165, 1.54) is 24.0 Å². The van der Waals surface area contributed by atoms with Gasteiger partial charge < -0.3 is 10.2 Å². The Bertz CT molecular complexity index is 352. The largest absolute Gasteiger partial charge is 0.311 e. The highest BCUT2D eigenvalue weighted by atomic mass is 15.1. The van der Waals surface area contributed by atoms with Crippen molar-refractivity contribution in [1.82, 2.24) is 10.2 Å². The SMILES string of the molecule is CC(C)N(C)CCNCc1ccc(C2CC2)cc1. The van der Waals surface area contributed by atoms with Gasteiger partial charge in [-0.1, -0.05) is 24.3 Å². The van der Waals surface area contributed by atoms with Gasteiger partial charge in [-0.2, -0.15) is 0 Å². The molecule has 0 bridgehead atoms. The van der Waals surface area contributed by atoms with E-state index in [4.69, 9.17) is 0 Å². The van der Waals surface area contributed by atoms with Crippen LogP contribution in [0.4, 0.5) is 0 Å². The van der Waals surface area contributed by atoms with Gasteiger partial charge in [0, 0.05) is 25.7 Å². The molecule has 1 aromatic rings. The summed E-state index contributed by atoms with van der Waals surface area (Å²) in [7, 11) is 2.18. The van der Waals surface area contributed by atoms with Gasteiger partial charge in [0.25, 0.3) is 0 Å². The minimum Gasteiger partial charge on any atom is -0.311 e. The number of rotatable bonds is 7. The summed E-state index contributed by atoms with van der Waals surface area (Å²) in [6.45, 7) is 7.61. The molecular weight excluding hydrogens is 220 g/mol. The Morgan fingerprint density at radius 2 is 1.89 bits per heavy atom. The summed E-state index contributed by atoms with van der Waals surface area (Å²) in [5, 5.41) is 3.51. The summed E-state index contributed by atoms with van der Waals surface area (Å²) >= 11 is 0. The van der Waals surface area contributed by atoms with Crippen LogP contribution >= 0.6 is 0 Å². The smallest absolute Gasteiger partial charge is 0.0206 e. The van der Waals surface area contributed by atoms with Gasteiger partial charge in [-0.25, -0.2) is 0 Å². The van der Waals surface area contributed by atoms with E-state index in [2.05, 4.69) is 55.4 Å². The lowest BCUT2D eigenvalue weighted by Gasteiger charge is -2.20. The number of nitrogens with one attached hydrogen (secondary N) is 1. The van der Waals surface area contributed by atoms with Crippen molar-refractivity contribution in [3.8, 4) is 0 Å². The predicted octanol–water partition coefficient (Wildman–Crippen LogP) is 2.99. The first-order chi connectivity index (χ1) is 8.66. The zero-order valence-corrected chi connectivity index (χ0v) is 11.9. The summed E-state index contributed by atoms with van der Waals surface area (Å²) in [6.07, 6.45) is 2.78. The van der Waals surface area contributed by atoms with Crippen molar-refractivity contribution in [3.05, 3.63) is 35.4 Å². The van der Waals surface area contributed by atoms with Crippen LogP contribution in [0.15, 0.2) is 24.3 Å². The van der Waals surface area contributed by atoms with Gasteiger partial charge in [-0.3, -0.25) is 0 Å². The second kappa shape index (κ2) is 6.35. The molecular formula is C16H26N2. The number of hydrogen-bond donors (Lipinski definition) is 1. The summed E-state index contributed by atoms with van der Waals surface area (Å²) in [6, 6.07) is 9.77. The fraction of sp³-hybridized carbons (Fsp3) is 0.625.